The van der Waals surface area contributed by atoms with Gasteiger partial charge in [0.25, 0.3) is 5.91 Å². The molecule has 0 spiro atoms. The molecule has 8 heteroatoms. The molecule has 2 aromatic carbocycles. The van der Waals surface area contributed by atoms with E-state index in [0.717, 1.165) is 12.1 Å². The predicted molar refractivity (Wildman–Crippen MR) is 112 cm³/mol. The summed E-state index contributed by atoms with van der Waals surface area (Å²) in [5.74, 6) is -1.35. The summed E-state index contributed by atoms with van der Waals surface area (Å²) in [6, 6.07) is 9.70. The van der Waals surface area contributed by atoms with E-state index in [1.807, 2.05) is 12.1 Å². The van der Waals surface area contributed by atoms with Crippen molar-refractivity contribution in [3.05, 3.63) is 70.9 Å². The van der Waals surface area contributed by atoms with Crippen molar-refractivity contribution < 1.29 is 18.3 Å². The number of thiocarbonyl (C=S) groups is 1. The zero-order chi connectivity index (χ0) is 21.3. The standard InChI is InChI=1S/C21H21F2N3O2S/c1-12-17(20(27)25(2)3)19(18-13(22)8-7-9-14(18)23)24-21(29)26(12)15-10-5-6-11-16(15)28-4/h5-11,19H,1-4H3,(H,24,29)/t19-/m1/s1. The molecule has 0 aliphatic carbocycles. The SMILES string of the molecule is COc1ccccc1N1C(=S)N[C@@H](c2c(F)cccc2F)C(C(=O)N(C)C)=C1C. The number of carbonyl (C=O) groups excluding carboxylic acids is 1. The second kappa shape index (κ2) is 8.16. The van der Waals surface area contributed by atoms with Crippen molar-refractivity contribution in [3.8, 4) is 5.75 Å². The van der Waals surface area contributed by atoms with Gasteiger partial charge < -0.3 is 15.0 Å². The van der Waals surface area contributed by atoms with E-state index in [9.17, 15) is 13.6 Å². The van der Waals surface area contributed by atoms with E-state index >= 15 is 0 Å². The van der Waals surface area contributed by atoms with Gasteiger partial charge in [0, 0.05) is 19.8 Å². The second-order valence-electron chi connectivity index (χ2n) is 6.72. The normalized spacial score (nSPS) is 16.6. The number of methoxy groups -OCH3 is 1. The highest BCUT2D eigenvalue weighted by molar-refractivity contribution is 7.80. The average molecular weight is 417 g/mol. The number of nitrogens with one attached hydrogen (secondary N) is 1. The monoisotopic (exact) mass is 417 g/mol. The van der Waals surface area contributed by atoms with Crippen LogP contribution in [0.2, 0.25) is 0 Å². The quantitative estimate of drug-likeness (QED) is 0.768. The lowest BCUT2D eigenvalue weighted by molar-refractivity contribution is -0.125. The predicted octanol–water partition coefficient (Wildman–Crippen LogP) is 3.77. The molecule has 1 amide bonds. The first-order chi connectivity index (χ1) is 13.8. The number of benzene rings is 2. The molecule has 0 saturated heterocycles. The lowest BCUT2D eigenvalue weighted by Gasteiger charge is -2.39. The van der Waals surface area contributed by atoms with E-state index in [4.69, 9.17) is 17.0 Å². The van der Waals surface area contributed by atoms with Crippen LogP contribution in [0.4, 0.5) is 14.5 Å². The highest BCUT2D eigenvalue weighted by Gasteiger charge is 2.38. The molecule has 0 fully saturated rings. The van der Waals surface area contributed by atoms with Crippen LogP contribution in [0.25, 0.3) is 0 Å². The summed E-state index contributed by atoms with van der Waals surface area (Å²) in [6.07, 6.45) is 0. The van der Waals surface area contributed by atoms with Crippen LogP contribution in [0, 0.1) is 11.6 Å². The average Bonchev–Trinajstić information content (AvgIpc) is 2.67. The summed E-state index contributed by atoms with van der Waals surface area (Å²) in [6.45, 7) is 1.70. The topological polar surface area (TPSA) is 44.8 Å². The fraction of sp³-hybridized carbons (Fsp3) is 0.238. The zero-order valence-corrected chi connectivity index (χ0v) is 17.3. The van der Waals surface area contributed by atoms with Gasteiger partial charge in [0.05, 0.1) is 30.0 Å². The first-order valence-corrected chi connectivity index (χ1v) is 9.28. The molecule has 5 nitrogen and oxygen atoms in total. The van der Waals surface area contributed by atoms with Gasteiger partial charge >= 0.3 is 0 Å². The van der Waals surface area contributed by atoms with Crippen LogP contribution in [0.5, 0.6) is 5.75 Å². The van der Waals surface area contributed by atoms with Gasteiger partial charge in [0.15, 0.2) is 5.11 Å². The van der Waals surface area contributed by atoms with Crippen LogP contribution >= 0.6 is 12.2 Å². The lowest BCUT2D eigenvalue weighted by atomic mass is 9.93. The van der Waals surface area contributed by atoms with Crippen LogP contribution in [0.3, 0.4) is 0 Å². The molecule has 1 aliphatic rings. The van der Waals surface area contributed by atoms with Gasteiger partial charge in [-0.2, -0.15) is 0 Å². The number of ether oxygens (including phenoxy) is 1. The number of rotatable bonds is 4. The molecule has 0 unspecified atom stereocenters. The number of para-hydroxylation sites is 2. The molecular weight excluding hydrogens is 396 g/mol. The Balaban J connectivity index is 2.26. The fourth-order valence-electron chi connectivity index (χ4n) is 3.37. The molecular formula is C21H21F2N3O2S. The minimum Gasteiger partial charge on any atom is -0.495 e. The summed E-state index contributed by atoms with van der Waals surface area (Å²) in [5.41, 5.74) is 1.02. The fourth-order valence-corrected chi connectivity index (χ4v) is 3.72. The molecule has 1 heterocycles. The first-order valence-electron chi connectivity index (χ1n) is 8.87. The highest BCUT2D eigenvalue weighted by Crippen LogP contribution is 2.39. The Morgan fingerprint density at radius 1 is 1.14 bits per heavy atom. The summed E-state index contributed by atoms with van der Waals surface area (Å²) in [7, 11) is 4.69. The number of anilines is 1. The number of halogens is 2. The van der Waals surface area contributed by atoms with E-state index < -0.39 is 17.7 Å². The number of nitrogens with zero attached hydrogens (tertiary/aromatic N) is 2. The largest absolute Gasteiger partial charge is 0.495 e. The molecule has 1 aliphatic heterocycles. The number of amides is 1. The summed E-state index contributed by atoms with van der Waals surface area (Å²) < 4.78 is 34.5. The third kappa shape index (κ3) is 3.67. The minimum atomic E-state index is -1.07. The third-order valence-electron chi connectivity index (χ3n) is 4.74. The van der Waals surface area contributed by atoms with Crippen molar-refractivity contribution >= 4 is 28.9 Å². The van der Waals surface area contributed by atoms with E-state index in [-0.39, 0.29) is 22.2 Å². The minimum absolute atomic E-state index is 0.193. The van der Waals surface area contributed by atoms with Gasteiger partial charge in [-0.15, -0.1) is 0 Å². The van der Waals surface area contributed by atoms with Gasteiger partial charge in [-0.05, 0) is 43.4 Å². The number of allylic oxidation sites excluding steroid dienone is 1. The van der Waals surface area contributed by atoms with E-state index in [1.54, 1.807) is 38.1 Å². The molecule has 152 valence electrons. The smallest absolute Gasteiger partial charge is 0.253 e. The molecule has 29 heavy (non-hydrogen) atoms. The van der Waals surface area contributed by atoms with E-state index in [1.165, 1.54) is 18.1 Å². The van der Waals surface area contributed by atoms with Crippen LogP contribution in [-0.4, -0.2) is 37.1 Å². The van der Waals surface area contributed by atoms with Crippen molar-refractivity contribution in [2.45, 2.75) is 13.0 Å². The summed E-state index contributed by atoms with van der Waals surface area (Å²) in [5, 5.41) is 3.15. The van der Waals surface area contributed by atoms with Gasteiger partial charge in [0.2, 0.25) is 0 Å². The molecule has 3 rings (SSSR count). The molecule has 0 radical (unpaired) electrons. The molecule has 0 bridgehead atoms. The number of hydrogen-bond acceptors (Lipinski definition) is 3. The van der Waals surface area contributed by atoms with Gasteiger partial charge in [-0.3, -0.25) is 9.69 Å². The van der Waals surface area contributed by atoms with Gasteiger partial charge in [-0.1, -0.05) is 18.2 Å². The Morgan fingerprint density at radius 3 is 2.34 bits per heavy atom. The molecule has 2 aromatic rings. The Bertz CT molecular complexity index is 987. The Labute approximate surface area is 173 Å². The molecule has 1 N–H and O–H groups in total. The lowest BCUT2D eigenvalue weighted by Crippen LogP contribution is -2.49. The van der Waals surface area contributed by atoms with E-state index in [2.05, 4.69) is 5.32 Å². The van der Waals surface area contributed by atoms with Crippen LogP contribution in [0.15, 0.2) is 53.7 Å². The van der Waals surface area contributed by atoms with Crippen molar-refractivity contribution in [2.75, 3.05) is 26.1 Å². The van der Waals surface area contributed by atoms with E-state index in [0.29, 0.717) is 17.1 Å². The zero-order valence-electron chi connectivity index (χ0n) is 16.5. The Hall–Kier alpha value is -3.00. The second-order valence-corrected chi connectivity index (χ2v) is 7.11. The Kier molecular flexibility index (Phi) is 5.83. The summed E-state index contributed by atoms with van der Waals surface area (Å²) in [4.78, 5) is 16.0. The third-order valence-corrected chi connectivity index (χ3v) is 5.04. The van der Waals surface area contributed by atoms with Gasteiger partial charge in [0.1, 0.15) is 17.4 Å². The summed E-state index contributed by atoms with van der Waals surface area (Å²) >= 11 is 5.52. The Morgan fingerprint density at radius 2 is 1.76 bits per heavy atom. The number of likely N-dealkylation sites (N-methyl/N-ethyl adjacent to an activating group) is 1. The number of hydrogen-bond donors (Lipinski definition) is 1. The molecule has 0 saturated carbocycles. The molecule has 0 aromatic heterocycles. The molecule has 1 atom stereocenters. The maximum absolute atomic E-state index is 14.6. The maximum Gasteiger partial charge on any atom is 0.253 e. The van der Waals surface area contributed by atoms with Crippen molar-refractivity contribution in [3.63, 3.8) is 0 Å². The van der Waals surface area contributed by atoms with Crippen molar-refractivity contribution in [1.29, 1.82) is 0 Å². The van der Waals surface area contributed by atoms with Crippen molar-refractivity contribution in [1.82, 2.24) is 10.2 Å². The maximum atomic E-state index is 14.6. The van der Waals surface area contributed by atoms with Crippen molar-refractivity contribution in [2.24, 2.45) is 0 Å². The van der Waals surface area contributed by atoms with Crippen LogP contribution in [-0.2, 0) is 4.79 Å². The number of carbonyl (C=O) groups is 1. The first kappa shape index (κ1) is 20.7. The van der Waals surface area contributed by atoms with Crippen LogP contribution < -0.4 is 15.0 Å². The van der Waals surface area contributed by atoms with Gasteiger partial charge in [-0.25, -0.2) is 8.78 Å². The van der Waals surface area contributed by atoms with Crippen LogP contribution in [0.1, 0.15) is 18.5 Å². The highest BCUT2D eigenvalue weighted by atomic mass is 32.1.